The highest BCUT2D eigenvalue weighted by Crippen LogP contribution is 2.17. The summed E-state index contributed by atoms with van der Waals surface area (Å²) in [7, 11) is 1.54. The van der Waals surface area contributed by atoms with E-state index in [4.69, 9.17) is 16.3 Å². The number of benzene rings is 2. The summed E-state index contributed by atoms with van der Waals surface area (Å²) in [5, 5.41) is 11.2. The Morgan fingerprint density at radius 3 is 2.76 bits per heavy atom. The Morgan fingerprint density at radius 1 is 1.21 bits per heavy atom. The summed E-state index contributed by atoms with van der Waals surface area (Å²) in [5.41, 5.74) is 1.12. The van der Waals surface area contributed by atoms with Gasteiger partial charge in [-0.2, -0.15) is 4.68 Å². The zero-order chi connectivity index (χ0) is 20.4. The van der Waals surface area contributed by atoms with Crippen LogP contribution in [0.4, 0.5) is 5.69 Å². The molecule has 0 aliphatic heterocycles. The number of aromatic nitrogens is 5. The van der Waals surface area contributed by atoms with Crippen molar-refractivity contribution in [3.05, 3.63) is 70.2 Å². The monoisotopic (exact) mass is 410 g/mol. The van der Waals surface area contributed by atoms with Gasteiger partial charge in [0.1, 0.15) is 18.6 Å². The van der Waals surface area contributed by atoms with E-state index in [1.807, 2.05) is 0 Å². The van der Waals surface area contributed by atoms with Crippen LogP contribution in [0.25, 0.3) is 16.9 Å². The van der Waals surface area contributed by atoms with Gasteiger partial charge in [-0.05, 0) is 36.4 Å². The molecule has 1 amide bonds. The Bertz CT molecular complexity index is 1250. The standard InChI is InChI=1S/C19H15ClN6O3/c1-29-15-4-2-3-13(9-15)22-16(27)10-25-11-21-18-17(19(25)28)23-24-26(18)14-7-5-12(20)6-8-14/h2-9,11H,10H2,1H3,(H,22,27). The van der Waals surface area contributed by atoms with Crippen molar-refractivity contribution in [2.45, 2.75) is 6.54 Å². The van der Waals surface area contributed by atoms with Crippen LogP contribution in [-0.4, -0.2) is 37.6 Å². The van der Waals surface area contributed by atoms with Gasteiger partial charge in [0.15, 0.2) is 11.2 Å². The number of hydrogen-bond donors (Lipinski definition) is 1. The Labute approximate surface area is 169 Å². The Hall–Kier alpha value is -3.72. The highest BCUT2D eigenvalue weighted by atomic mass is 35.5. The number of halogens is 1. The molecule has 0 aliphatic rings. The molecule has 4 rings (SSSR count). The topological polar surface area (TPSA) is 104 Å². The molecular weight excluding hydrogens is 396 g/mol. The smallest absolute Gasteiger partial charge is 0.284 e. The van der Waals surface area contributed by atoms with Gasteiger partial charge >= 0.3 is 0 Å². The Balaban J connectivity index is 1.58. The van der Waals surface area contributed by atoms with Crippen molar-refractivity contribution >= 4 is 34.4 Å². The van der Waals surface area contributed by atoms with Crippen LogP contribution in [0.15, 0.2) is 59.7 Å². The van der Waals surface area contributed by atoms with E-state index in [0.717, 1.165) is 0 Å². The summed E-state index contributed by atoms with van der Waals surface area (Å²) >= 11 is 5.90. The average Bonchev–Trinajstić information content (AvgIpc) is 3.15. The molecule has 0 radical (unpaired) electrons. The third-order valence-electron chi connectivity index (χ3n) is 4.17. The zero-order valence-electron chi connectivity index (χ0n) is 15.2. The van der Waals surface area contributed by atoms with Crippen LogP contribution in [0.5, 0.6) is 5.75 Å². The van der Waals surface area contributed by atoms with Crippen LogP contribution in [0.3, 0.4) is 0 Å². The third kappa shape index (κ3) is 3.81. The number of amides is 1. The fraction of sp³-hybridized carbons (Fsp3) is 0.105. The number of fused-ring (bicyclic) bond motifs is 1. The Kier molecular flexibility index (Phi) is 4.96. The van der Waals surface area contributed by atoms with Crippen LogP contribution in [0.2, 0.25) is 5.02 Å². The van der Waals surface area contributed by atoms with Gasteiger partial charge in [-0.1, -0.05) is 22.9 Å². The molecule has 9 nitrogen and oxygen atoms in total. The number of carbonyl (C=O) groups is 1. The molecule has 4 aromatic rings. The second kappa shape index (κ2) is 7.72. The largest absolute Gasteiger partial charge is 0.497 e. The summed E-state index contributed by atoms with van der Waals surface area (Å²) in [6.07, 6.45) is 1.30. The summed E-state index contributed by atoms with van der Waals surface area (Å²) in [5.74, 6) is 0.230. The van der Waals surface area contributed by atoms with E-state index in [-0.39, 0.29) is 18.0 Å². The van der Waals surface area contributed by atoms with Gasteiger partial charge in [0.05, 0.1) is 12.8 Å². The highest BCUT2D eigenvalue weighted by molar-refractivity contribution is 6.30. The van der Waals surface area contributed by atoms with E-state index in [0.29, 0.717) is 27.8 Å². The number of hydrogen-bond acceptors (Lipinski definition) is 6. The summed E-state index contributed by atoms with van der Waals surface area (Å²) in [6.45, 7) is -0.215. The fourth-order valence-electron chi connectivity index (χ4n) is 2.77. The molecule has 1 N–H and O–H groups in total. The molecule has 2 aromatic heterocycles. The molecule has 0 unspecified atom stereocenters. The number of ether oxygens (including phenoxy) is 1. The van der Waals surface area contributed by atoms with Gasteiger partial charge < -0.3 is 10.1 Å². The lowest BCUT2D eigenvalue weighted by Gasteiger charge is -2.08. The van der Waals surface area contributed by atoms with Crippen molar-refractivity contribution in [1.82, 2.24) is 24.5 Å². The first-order valence-corrected chi connectivity index (χ1v) is 8.93. The number of anilines is 1. The van der Waals surface area contributed by atoms with E-state index < -0.39 is 5.56 Å². The van der Waals surface area contributed by atoms with Crippen molar-refractivity contribution in [2.24, 2.45) is 0 Å². The zero-order valence-corrected chi connectivity index (χ0v) is 16.0. The molecule has 0 saturated heterocycles. The lowest BCUT2D eigenvalue weighted by molar-refractivity contribution is -0.116. The lowest BCUT2D eigenvalue weighted by Crippen LogP contribution is -2.28. The second-order valence-electron chi connectivity index (χ2n) is 6.11. The number of carbonyl (C=O) groups excluding carboxylic acids is 1. The maximum absolute atomic E-state index is 12.7. The molecule has 2 aromatic carbocycles. The SMILES string of the molecule is COc1cccc(NC(=O)Cn2cnc3c(nnn3-c3ccc(Cl)cc3)c2=O)c1. The normalized spacial score (nSPS) is 10.8. The maximum Gasteiger partial charge on any atom is 0.284 e. The van der Waals surface area contributed by atoms with Crippen LogP contribution in [-0.2, 0) is 11.3 Å². The summed E-state index contributed by atoms with van der Waals surface area (Å²) < 4.78 is 7.74. The minimum absolute atomic E-state index is 0.0663. The van der Waals surface area contributed by atoms with Crippen LogP contribution in [0.1, 0.15) is 0 Å². The molecule has 0 saturated carbocycles. The third-order valence-corrected chi connectivity index (χ3v) is 4.42. The van der Waals surface area contributed by atoms with Crippen molar-refractivity contribution < 1.29 is 9.53 Å². The molecule has 0 atom stereocenters. The van der Waals surface area contributed by atoms with E-state index in [1.165, 1.54) is 15.6 Å². The van der Waals surface area contributed by atoms with Gasteiger partial charge in [0, 0.05) is 16.8 Å². The van der Waals surface area contributed by atoms with Gasteiger partial charge in [-0.15, -0.1) is 5.10 Å². The predicted octanol–water partition coefficient (Wildman–Crippen LogP) is 2.28. The van der Waals surface area contributed by atoms with Crippen molar-refractivity contribution in [3.63, 3.8) is 0 Å². The molecular formula is C19H15ClN6O3. The molecule has 29 heavy (non-hydrogen) atoms. The van der Waals surface area contributed by atoms with Crippen molar-refractivity contribution in [2.75, 3.05) is 12.4 Å². The number of rotatable bonds is 5. The molecule has 10 heteroatoms. The lowest BCUT2D eigenvalue weighted by atomic mass is 10.3. The second-order valence-corrected chi connectivity index (χ2v) is 6.54. The number of methoxy groups -OCH3 is 1. The minimum Gasteiger partial charge on any atom is -0.497 e. The van der Waals surface area contributed by atoms with Crippen LogP contribution in [0, 0.1) is 0 Å². The maximum atomic E-state index is 12.7. The van der Waals surface area contributed by atoms with E-state index in [2.05, 4.69) is 20.6 Å². The quantitative estimate of drug-likeness (QED) is 0.541. The molecule has 0 spiro atoms. The van der Waals surface area contributed by atoms with Crippen LogP contribution >= 0.6 is 11.6 Å². The van der Waals surface area contributed by atoms with Gasteiger partial charge in [0.2, 0.25) is 5.91 Å². The minimum atomic E-state index is -0.462. The van der Waals surface area contributed by atoms with E-state index in [9.17, 15) is 9.59 Å². The van der Waals surface area contributed by atoms with Gasteiger partial charge in [0.25, 0.3) is 5.56 Å². The first-order chi connectivity index (χ1) is 14.0. The van der Waals surface area contributed by atoms with Crippen molar-refractivity contribution in [3.8, 4) is 11.4 Å². The Morgan fingerprint density at radius 2 is 2.00 bits per heavy atom. The molecule has 0 bridgehead atoms. The predicted molar refractivity (Wildman–Crippen MR) is 108 cm³/mol. The first kappa shape index (κ1) is 18.6. The highest BCUT2D eigenvalue weighted by Gasteiger charge is 2.15. The summed E-state index contributed by atoms with van der Waals surface area (Å²) in [6, 6.07) is 13.8. The molecule has 0 aliphatic carbocycles. The molecule has 2 heterocycles. The average molecular weight is 411 g/mol. The van der Waals surface area contributed by atoms with Crippen LogP contribution < -0.4 is 15.6 Å². The van der Waals surface area contributed by atoms with E-state index in [1.54, 1.807) is 55.6 Å². The van der Waals surface area contributed by atoms with Gasteiger partial charge in [-0.3, -0.25) is 14.2 Å². The number of nitrogens with zero attached hydrogens (tertiary/aromatic N) is 5. The number of nitrogens with one attached hydrogen (secondary N) is 1. The van der Waals surface area contributed by atoms with Crippen molar-refractivity contribution in [1.29, 1.82) is 0 Å². The fourth-order valence-corrected chi connectivity index (χ4v) is 2.89. The van der Waals surface area contributed by atoms with E-state index >= 15 is 0 Å². The first-order valence-electron chi connectivity index (χ1n) is 8.56. The molecule has 0 fully saturated rings. The van der Waals surface area contributed by atoms with Gasteiger partial charge in [-0.25, -0.2) is 4.98 Å². The summed E-state index contributed by atoms with van der Waals surface area (Å²) in [4.78, 5) is 29.3. The molecule has 146 valence electrons.